The highest BCUT2D eigenvalue weighted by molar-refractivity contribution is 5.95. The monoisotopic (exact) mass is 195 g/mol. The average molecular weight is 195 g/mol. The maximum Gasteiger partial charge on any atom is 0.162 e. The summed E-state index contributed by atoms with van der Waals surface area (Å²) < 4.78 is 5.06. The summed E-state index contributed by atoms with van der Waals surface area (Å²) in [4.78, 5) is 11.7. The third-order valence-corrected chi connectivity index (χ3v) is 3.13. The van der Waals surface area contributed by atoms with E-state index in [1.54, 1.807) is 6.26 Å². The van der Waals surface area contributed by atoms with E-state index in [0.29, 0.717) is 25.0 Å². The number of hydrogen-bond acceptors (Lipinski definition) is 3. The lowest BCUT2D eigenvalue weighted by Crippen LogP contribution is -2.16. The Kier molecular flexibility index (Phi) is 2.87. The first-order chi connectivity index (χ1) is 6.75. The van der Waals surface area contributed by atoms with Crippen LogP contribution in [0.25, 0.3) is 0 Å². The molecule has 0 spiro atoms. The molecule has 1 heterocycles. The number of Topliss-reactive ketones (excluding diaryl/α,β-unsaturated/α-hetero) is 1. The highest BCUT2D eigenvalue weighted by Crippen LogP contribution is 2.28. The summed E-state index contributed by atoms with van der Waals surface area (Å²) >= 11 is 0. The molecule has 0 amide bonds. The van der Waals surface area contributed by atoms with Crippen LogP contribution in [0.4, 0.5) is 0 Å². The maximum atomic E-state index is 11.7. The fraction of sp³-hybridized carbons (Fsp3) is 0.727. The van der Waals surface area contributed by atoms with E-state index in [9.17, 15) is 4.79 Å². The summed E-state index contributed by atoms with van der Waals surface area (Å²) in [6.07, 6.45) is 6.28. The molecule has 2 N–H and O–H groups in total. The summed E-state index contributed by atoms with van der Waals surface area (Å²) in [5.41, 5.74) is 6.67. The van der Waals surface area contributed by atoms with E-state index in [-0.39, 0.29) is 5.78 Å². The van der Waals surface area contributed by atoms with Crippen molar-refractivity contribution in [1.29, 1.82) is 0 Å². The molecule has 1 aliphatic heterocycles. The predicted octanol–water partition coefficient (Wildman–Crippen LogP) is 1.38. The summed E-state index contributed by atoms with van der Waals surface area (Å²) in [6, 6.07) is 0.321. The zero-order valence-corrected chi connectivity index (χ0v) is 8.37. The zero-order valence-electron chi connectivity index (χ0n) is 8.37. The van der Waals surface area contributed by atoms with E-state index in [1.807, 2.05) is 0 Å². The van der Waals surface area contributed by atoms with Gasteiger partial charge in [-0.2, -0.15) is 0 Å². The largest absolute Gasteiger partial charge is 0.500 e. The van der Waals surface area contributed by atoms with Gasteiger partial charge in [-0.25, -0.2) is 0 Å². The minimum absolute atomic E-state index is 0.265. The molecular weight excluding hydrogens is 178 g/mol. The van der Waals surface area contributed by atoms with Crippen LogP contribution >= 0.6 is 0 Å². The van der Waals surface area contributed by atoms with Gasteiger partial charge in [0, 0.05) is 24.5 Å². The first kappa shape index (κ1) is 9.71. The quantitative estimate of drug-likeness (QED) is 0.740. The molecule has 0 aromatic heterocycles. The number of ether oxygens (including phenoxy) is 1. The van der Waals surface area contributed by atoms with Gasteiger partial charge in [-0.1, -0.05) is 0 Å². The topological polar surface area (TPSA) is 52.3 Å². The Morgan fingerprint density at radius 3 is 3.00 bits per heavy atom. The highest BCUT2D eigenvalue weighted by Gasteiger charge is 2.25. The van der Waals surface area contributed by atoms with Crippen LogP contribution in [0.2, 0.25) is 0 Å². The number of carbonyl (C=O) groups excluding carboxylic acids is 1. The second-order valence-electron chi connectivity index (χ2n) is 4.33. The van der Waals surface area contributed by atoms with Crippen molar-refractivity contribution in [3.05, 3.63) is 11.8 Å². The molecule has 2 aliphatic rings. The summed E-state index contributed by atoms with van der Waals surface area (Å²) in [5, 5.41) is 0. The SMILES string of the molecule is NC1CCC(CC(=O)C2=COCC2)C1. The van der Waals surface area contributed by atoms with Crippen LogP contribution in [0.3, 0.4) is 0 Å². The van der Waals surface area contributed by atoms with Gasteiger partial charge in [0.15, 0.2) is 5.78 Å². The lowest BCUT2D eigenvalue weighted by atomic mass is 9.96. The number of hydrogen-bond donors (Lipinski definition) is 1. The molecule has 0 aromatic carbocycles. The normalized spacial score (nSPS) is 31.4. The number of carbonyl (C=O) groups is 1. The standard InChI is InChI=1S/C11H17NO2/c12-10-2-1-8(5-10)6-11(13)9-3-4-14-7-9/h7-8,10H,1-6,12H2. The summed E-state index contributed by atoms with van der Waals surface area (Å²) in [7, 11) is 0. The van der Waals surface area contributed by atoms with Gasteiger partial charge < -0.3 is 10.5 Å². The molecular formula is C11H17NO2. The first-order valence-electron chi connectivity index (χ1n) is 5.35. The lowest BCUT2D eigenvalue weighted by Gasteiger charge is -2.07. The van der Waals surface area contributed by atoms with Gasteiger partial charge in [-0.05, 0) is 25.2 Å². The second kappa shape index (κ2) is 4.13. The van der Waals surface area contributed by atoms with Crippen molar-refractivity contribution in [3.63, 3.8) is 0 Å². The number of rotatable bonds is 3. The molecule has 1 saturated carbocycles. The number of nitrogens with two attached hydrogens (primary N) is 1. The predicted molar refractivity (Wildman–Crippen MR) is 53.6 cm³/mol. The van der Waals surface area contributed by atoms with Gasteiger partial charge in [0.05, 0.1) is 12.9 Å². The van der Waals surface area contributed by atoms with E-state index >= 15 is 0 Å². The third-order valence-electron chi connectivity index (χ3n) is 3.13. The minimum atomic E-state index is 0.265. The molecule has 0 aromatic rings. The molecule has 1 fully saturated rings. The van der Waals surface area contributed by atoms with Gasteiger partial charge >= 0.3 is 0 Å². The molecule has 14 heavy (non-hydrogen) atoms. The van der Waals surface area contributed by atoms with E-state index in [1.165, 1.54) is 0 Å². The van der Waals surface area contributed by atoms with Crippen molar-refractivity contribution in [1.82, 2.24) is 0 Å². The molecule has 3 heteroatoms. The molecule has 2 unspecified atom stereocenters. The van der Waals surface area contributed by atoms with Gasteiger partial charge in [0.1, 0.15) is 0 Å². The average Bonchev–Trinajstić information content (AvgIpc) is 2.75. The Hall–Kier alpha value is -0.830. The molecule has 0 radical (unpaired) electrons. The van der Waals surface area contributed by atoms with E-state index in [4.69, 9.17) is 10.5 Å². The van der Waals surface area contributed by atoms with Crippen LogP contribution in [-0.4, -0.2) is 18.4 Å². The van der Waals surface area contributed by atoms with Gasteiger partial charge in [-0.15, -0.1) is 0 Å². The van der Waals surface area contributed by atoms with Crippen LogP contribution in [0.15, 0.2) is 11.8 Å². The molecule has 3 nitrogen and oxygen atoms in total. The van der Waals surface area contributed by atoms with E-state index in [2.05, 4.69) is 0 Å². The zero-order chi connectivity index (χ0) is 9.97. The van der Waals surface area contributed by atoms with Crippen molar-refractivity contribution in [2.24, 2.45) is 11.7 Å². The van der Waals surface area contributed by atoms with E-state index in [0.717, 1.165) is 31.3 Å². The molecule has 1 aliphatic carbocycles. The van der Waals surface area contributed by atoms with Crippen molar-refractivity contribution in [2.75, 3.05) is 6.61 Å². The molecule has 2 atom stereocenters. The lowest BCUT2D eigenvalue weighted by molar-refractivity contribution is -0.116. The van der Waals surface area contributed by atoms with Gasteiger partial charge in [-0.3, -0.25) is 4.79 Å². The molecule has 0 saturated heterocycles. The van der Waals surface area contributed by atoms with Crippen LogP contribution in [0, 0.1) is 5.92 Å². The molecule has 2 rings (SSSR count). The maximum absolute atomic E-state index is 11.7. The van der Waals surface area contributed by atoms with Crippen molar-refractivity contribution >= 4 is 5.78 Å². The smallest absolute Gasteiger partial charge is 0.162 e. The van der Waals surface area contributed by atoms with Crippen LogP contribution < -0.4 is 5.73 Å². The van der Waals surface area contributed by atoms with Gasteiger partial charge in [0.2, 0.25) is 0 Å². The van der Waals surface area contributed by atoms with Crippen molar-refractivity contribution < 1.29 is 9.53 Å². The highest BCUT2D eigenvalue weighted by atomic mass is 16.5. The Labute approximate surface area is 84.3 Å². The van der Waals surface area contributed by atoms with Crippen molar-refractivity contribution in [2.45, 2.75) is 38.1 Å². The Morgan fingerprint density at radius 1 is 1.57 bits per heavy atom. The second-order valence-corrected chi connectivity index (χ2v) is 4.33. The van der Waals surface area contributed by atoms with Gasteiger partial charge in [0.25, 0.3) is 0 Å². The van der Waals surface area contributed by atoms with Crippen molar-refractivity contribution in [3.8, 4) is 0 Å². The Bertz CT molecular complexity index is 260. The summed E-state index contributed by atoms with van der Waals surface area (Å²) in [5.74, 6) is 0.778. The Balaban J connectivity index is 1.82. The fourth-order valence-corrected chi connectivity index (χ4v) is 2.28. The summed E-state index contributed by atoms with van der Waals surface area (Å²) in [6.45, 7) is 0.672. The fourth-order valence-electron chi connectivity index (χ4n) is 2.28. The number of ketones is 1. The molecule has 0 bridgehead atoms. The Morgan fingerprint density at radius 2 is 2.43 bits per heavy atom. The van der Waals surface area contributed by atoms with E-state index < -0.39 is 0 Å². The third kappa shape index (κ3) is 2.15. The van der Waals surface area contributed by atoms with Crippen LogP contribution in [0.1, 0.15) is 32.1 Å². The van der Waals surface area contributed by atoms with Crippen LogP contribution in [0.5, 0.6) is 0 Å². The first-order valence-corrected chi connectivity index (χ1v) is 5.35. The van der Waals surface area contributed by atoms with Crippen LogP contribution in [-0.2, 0) is 9.53 Å². The molecule has 78 valence electrons. The minimum Gasteiger partial charge on any atom is -0.500 e.